The van der Waals surface area contributed by atoms with Crippen molar-refractivity contribution in [2.45, 2.75) is 37.5 Å². The first-order chi connectivity index (χ1) is 13.6. The van der Waals surface area contributed by atoms with Crippen LogP contribution in [0.15, 0.2) is 53.4 Å². The van der Waals surface area contributed by atoms with E-state index in [1.807, 2.05) is 42.5 Å². The predicted molar refractivity (Wildman–Crippen MR) is 120 cm³/mol. The zero-order valence-corrected chi connectivity index (χ0v) is 17.6. The Hall–Kier alpha value is -2.40. The molecule has 0 fully saturated rings. The zero-order valence-electron chi connectivity index (χ0n) is 16.7. The number of thioether (sulfide) groups is 1. The minimum atomic E-state index is -0.0941. The minimum absolute atomic E-state index is 0.0941. The highest BCUT2D eigenvalue weighted by molar-refractivity contribution is 7.99. The van der Waals surface area contributed by atoms with Gasteiger partial charge in [0.2, 0.25) is 5.91 Å². The summed E-state index contributed by atoms with van der Waals surface area (Å²) in [6, 6.07) is 13.7. The van der Waals surface area contributed by atoms with E-state index in [4.69, 9.17) is 10.5 Å². The number of carbonyl (C=O) groups excluding carboxylic acids is 1. The van der Waals surface area contributed by atoms with Gasteiger partial charge in [-0.3, -0.25) is 4.79 Å². The quantitative estimate of drug-likeness (QED) is 0.244. The molecule has 5 heteroatoms. The Kier molecular flexibility index (Phi) is 9.49. The number of carbonyl (C=O) groups is 1. The molecule has 0 aliphatic heterocycles. The number of hydrogen-bond acceptors (Lipinski definition) is 4. The zero-order chi connectivity index (χ0) is 20.2. The lowest BCUT2D eigenvalue weighted by Crippen LogP contribution is -2.23. The van der Waals surface area contributed by atoms with E-state index in [9.17, 15) is 4.79 Å². The van der Waals surface area contributed by atoms with E-state index < -0.39 is 0 Å². The Morgan fingerprint density at radius 2 is 1.96 bits per heavy atom. The van der Waals surface area contributed by atoms with Gasteiger partial charge < -0.3 is 15.8 Å². The maximum Gasteiger partial charge on any atom is 0.244 e. The Balaban J connectivity index is 1.85. The number of rotatable bonds is 11. The van der Waals surface area contributed by atoms with E-state index in [0.717, 1.165) is 39.6 Å². The molecule has 0 heterocycles. The van der Waals surface area contributed by atoms with Crippen molar-refractivity contribution in [3.63, 3.8) is 0 Å². The van der Waals surface area contributed by atoms with Gasteiger partial charge in [0, 0.05) is 23.2 Å². The molecule has 0 unspecified atom stereocenters. The predicted octanol–water partition coefficient (Wildman–Crippen LogP) is 4.93. The number of hydrogen-bond donors (Lipinski definition) is 2. The van der Waals surface area contributed by atoms with Crippen LogP contribution < -0.4 is 15.8 Å². The summed E-state index contributed by atoms with van der Waals surface area (Å²) >= 11 is 1.80. The molecule has 0 saturated carbocycles. The van der Waals surface area contributed by atoms with Gasteiger partial charge in [-0.25, -0.2) is 0 Å². The first-order valence-electron chi connectivity index (χ1n) is 9.73. The normalized spacial score (nSPS) is 10.9. The summed E-state index contributed by atoms with van der Waals surface area (Å²) in [6.45, 7) is 2.80. The molecule has 2 aromatic rings. The molecule has 0 spiro atoms. The van der Waals surface area contributed by atoms with Gasteiger partial charge >= 0.3 is 0 Å². The van der Waals surface area contributed by atoms with Gasteiger partial charge in [0.1, 0.15) is 5.75 Å². The second-order valence-electron chi connectivity index (χ2n) is 6.58. The first kappa shape index (κ1) is 21.9. The van der Waals surface area contributed by atoms with Gasteiger partial charge in [0.05, 0.1) is 7.11 Å². The van der Waals surface area contributed by atoms with Crippen molar-refractivity contribution in [3.8, 4) is 5.75 Å². The molecular weight excluding hydrogens is 368 g/mol. The maximum atomic E-state index is 12.1. The molecule has 150 valence electrons. The van der Waals surface area contributed by atoms with Crippen LogP contribution in [-0.4, -0.2) is 25.3 Å². The number of nitrogens with two attached hydrogens (primary N) is 1. The standard InChI is InChI=1S/C23H30N2O2S/c1-3-4-5-16-28-22-17-19(8-12-21(22)27-2)9-13-23(26)25-15-14-18-6-10-20(24)11-7-18/h6-13,17H,3-5,14-16,24H2,1-2H3,(H,25,26). The summed E-state index contributed by atoms with van der Waals surface area (Å²) in [6.07, 6.45) is 7.85. The van der Waals surface area contributed by atoms with Crippen LogP contribution in [0, 0.1) is 0 Å². The number of anilines is 1. The van der Waals surface area contributed by atoms with Crippen molar-refractivity contribution in [2.24, 2.45) is 0 Å². The Labute approximate surface area is 172 Å². The number of nitrogen functional groups attached to an aromatic ring is 1. The van der Waals surface area contributed by atoms with Gasteiger partial charge in [-0.15, -0.1) is 11.8 Å². The molecular formula is C23H30N2O2S. The summed E-state index contributed by atoms with van der Waals surface area (Å²) in [7, 11) is 1.69. The van der Waals surface area contributed by atoms with Gasteiger partial charge in [-0.05, 0) is 60.1 Å². The maximum absolute atomic E-state index is 12.1. The topological polar surface area (TPSA) is 64.4 Å². The largest absolute Gasteiger partial charge is 0.496 e. The van der Waals surface area contributed by atoms with E-state index in [0.29, 0.717) is 6.54 Å². The monoisotopic (exact) mass is 398 g/mol. The number of ether oxygens (including phenoxy) is 1. The van der Waals surface area contributed by atoms with Crippen LogP contribution in [0.2, 0.25) is 0 Å². The van der Waals surface area contributed by atoms with Crippen LogP contribution >= 0.6 is 11.8 Å². The lowest BCUT2D eigenvalue weighted by molar-refractivity contribution is -0.116. The average molecular weight is 399 g/mol. The molecule has 2 rings (SSSR count). The second kappa shape index (κ2) is 12.1. The van der Waals surface area contributed by atoms with Crippen LogP contribution in [0.4, 0.5) is 5.69 Å². The summed E-state index contributed by atoms with van der Waals surface area (Å²) < 4.78 is 5.45. The molecule has 0 saturated heterocycles. The molecule has 3 N–H and O–H groups in total. The Morgan fingerprint density at radius 3 is 2.68 bits per heavy atom. The second-order valence-corrected chi connectivity index (χ2v) is 7.72. The fourth-order valence-corrected chi connectivity index (χ4v) is 3.77. The van der Waals surface area contributed by atoms with Crippen molar-refractivity contribution in [3.05, 3.63) is 59.7 Å². The number of methoxy groups -OCH3 is 1. The third kappa shape index (κ3) is 7.69. The van der Waals surface area contributed by atoms with E-state index in [-0.39, 0.29) is 5.91 Å². The van der Waals surface area contributed by atoms with Crippen molar-refractivity contribution in [2.75, 3.05) is 25.1 Å². The third-order valence-electron chi connectivity index (χ3n) is 4.31. The third-order valence-corrected chi connectivity index (χ3v) is 5.44. The molecule has 0 aromatic heterocycles. The molecule has 1 amide bonds. The highest BCUT2D eigenvalue weighted by Gasteiger charge is 2.05. The van der Waals surface area contributed by atoms with E-state index in [2.05, 4.69) is 18.3 Å². The van der Waals surface area contributed by atoms with Crippen LogP contribution in [0.25, 0.3) is 6.08 Å². The van der Waals surface area contributed by atoms with Crippen LogP contribution in [0.1, 0.15) is 37.3 Å². The van der Waals surface area contributed by atoms with Crippen LogP contribution in [-0.2, 0) is 11.2 Å². The molecule has 0 atom stereocenters. The summed E-state index contributed by atoms with van der Waals surface area (Å²) in [5.41, 5.74) is 8.57. The van der Waals surface area contributed by atoms with Gasteiger partial charge in [0.15, 0.2) is 0 Å². The smallest absolute Gasteiger partial charge is 0.244 e. The molecule has 0 aliphatic rings. The Morgan fingerprint density at radius 1 is 1.18 bits per heavy atom. The summed E-state index contributed by atoms with van der Waals surface area (Å²) in [5, 5.41) is 2.91. The van der Waals surface area contributed by atoms with Gasteiger partial charge in [0.25, 0.3) is 0 Å². The minimum Gasteiger partial charge on any atom is -0.496 e. The fraction of sp³-hybridized carbons (Fsp3) is 0.348. The summed E-state index contributed by atoms with van der Waals surface area (Å²) in [4.78, 5) is 13.2. The lowest BCUT2D eigenvalue weighted by atomic mass is 10.1. The lowest BCUT2D eigenvalue weighted by Gasteiger charge is -2.09. The van der Waals surface area contributed by atoms with Crippen molar-refractivity contribution < 1.29 is 9.53 Å². The average Bonchev–Trinajstić information content (AvgIpc) is 2.71. The molecule has 4 nitrogen and oxygen atoms in total. The van der Waals surface area contributed by atoms with Crippen molar-refractivity contribution in [1.29, 1.82) is 0 Å². The molecule has 0 bridgehead atoms. The van der Waals surface area contributed by atoms with Crippen molar-refractivity contribution in [1.82, 2.24) is 5.32 Å². The number of amides is 1. The molecule has 0 radical (unpaired) electrons. The number of nitrogens with one attached hydrogen (secondary N) is 1. The first-order valence-corrected chi connectivity index (χ1v) is 10.7. The van der Waals surface area contributed by atoms with Crippen LogP contribution in [0.5, 0.6) is 5.75 Å². The van der Waals surface area contributed by atoms with E-state index in [1.165, 1.54) is 19.3 Å². The SMILES string of the molecule is CCCCCSc1cc(C=CC(=O)NCCc2ccc(N)cc2)ccc1OC. The van der Waals surface area contributed by atoms with Gasteiger partial charge in [-0.1, -0.05) is 38.0 Å². The number of benzene rings is 2. The Bertz CT molecular complexity index is 773. The van der Waals surface area contributed by atoms with E-state index in [1.54, 1.807) is 24.9 Å². The van der Waals surface area contributed by atoms with Crippen molar-refractivity contribution >= 4 is 29.4 Å². The fourth-order valence-electron chi connectivity index (χ4n) is 2.69. The molecule has 28 heavy (non-hydrogen) atoms. The van der Waals surface area contributed by atoms with Crippen LogP contribution in [0.3, 0.4) is 0 Å². The molecule has 0 aliphatic carbocycles. The van der Waals surface area contributed by atoms with E-state index >= 15 is 0 Å². The summed E-state index contributed by atoms with van der Waals surface area (Å²) in [5.74, 6) is 1.86. The highest BCUT2D eigenvalue weighted by Crippen LogP contribution is 2.31. The van der Waals surface area contributed by atoms with Gasteiger partial charge in [-0.2, -0.15) is 0 Å². The number of unbranched alkanes of at least 4 members (excludes halogenated alkanes) is 2. The molecule has 2 aromatic carbocycles. The highest BCUT2D eigenvalue weighted by atomic mass is 32.2.